The summed E-state index contributed by atoms with van der Waals surface area (Å²) >= 11 is 1.45. The fraction of sp³-hybridized carbons (Fsp3) is 0.350. The van der Waals surface area contributed by atoms with Gasteiger partial charge in [-0.15, -0.1) is 0 Å². The molecule has 28 heavy (non-hydrogen) atoms. The zero-order valence-corrected chi connectivity index (χ0v) is 16.8. The van der Waals surface area contributed by atoms with Crippen LogP contribution in [0.25, 0.3) is 0 Å². The molecular formula is C20H24N2O5S. The van der Waals surface area contributed by atoms with Gasteiger partial charge in [0, 0.05) is 37.5 Å². The molecule has 1 aromatic heterocycles. The summed E-state index contributed by atoms with van der Waals surface area (Å²) < 4.78 is 10.1. The fourth-order valence-corrected chi connectivity index (χ4v) is 2.98. The first-order valence-corrected chi connectivity index (χ1v) is 9.77. The third-order valence-corrected chi connectivity index (χ3v) is 4.67. The number of amides is 2. The Balaban J connectivity index is 1.61. The minimum Gasteiger partial charge on any atom is -0.497 e. The molecule has 0 fully saturated rings. The molecular weight excluding hydrogens is 380 g/mol. The lowest BCUT2D eigenvalue weighted by atomic mass is 10.2. The molecule has 0 aliphatic carbocycles. The minimum absolute atomic E-state index is 0.138. The van der Waals surface area contributed by atoms with Crippen LogP contribution in [0.5, 0.6) is 5.75 Å². The summed E-state index contributed by atoms with van der Waals surface area (Å²) in [5.41, 5.74) is 1.56. The van der Waals surface area contributed by atoms with Gasteiger partial charge in [-0.25, -0.2) is 0 Å². The van der Waals surface area contributed by atoms with E-state index in [1.54, 1.807) is 25.6 Å². The number of carbonyl (C=O) groups excluding carboxylic acids is 3. The third kappa shape index (κ3) is 7.03. The number of carbonyl (C=O) groups is 3. The zero-order chi connectivity index (χ0) is 20.4. The Labute approximate surface area is 168 Å². The van der Waals surface area contributed by atoms with E-state index >= 15 is 0 Å². The van der Waals surface area contributed by atoms with Crippen LogP contribution in [0.1, 0.15) is 28.8 Å². The SMILES string of the molecule is COc1ccc(CN(C)C(=O)COC(=O)CCCNC(=O)c2ccsc2)cc1. The van der Waals surface area contributed by atoms with E-state index in [1.165, 1.54) is 16.2 Å². The number of methoxy groups -OCH3 is 1. The van der Waals surface area contributed by atoms with E-state index in [1.807, 2.05) is 29.6 Å². The van der Waals surface area contributed by atoms with Crippen LogP contribution in [0.2, 0.25) is 0 Å². The van der Waals surface area contributed by atoms with E-state index in [0.29, 0.717) is 25.1 Å². The summed E-state index contributed by atoms with van der Waals surface area (Å²) in [5, 5.41) is 6.32. The summed E-state index contributed by atoms with van der Waals surface area (Å²) in [6.07, 6.45) is 0.587. The molecule has 0 radical (unpaired) electrons. The normalized spacial score (nSPS) is 10.2. The molecule has 1 N–H and O–H groups in total. The van der Waals surface area contributed by atoms with Gasteiger partial charge >= 0.3 is 5.97 Å². The van der Waals surface area contributed by atoms with Crippen molar-refractivity contribution in [2.45, 2.75) is 19.4 Å². The largest absolute Gasteiger partial charge is 0.497 e. The van der Waals surface area contributed by atoms with Crippen molar-refractivity contribution < 1.29 is 23.9 Å². The van der Waals surface area contributed by atoms with Gasteiger partial charge < -0.3 is 19.7 Å². The van der Waals surface area contributed by atoms with Gasteiger partial charge in [0.1, 0.15) is 5.75 Å². The maximum atomic E-state index is 12.1. The predicted molar refractivity (Wildman–Crippen MR) is 106 cm³/mol. The topological polar surface area (TPSA) is 84.9 Å². The highest BCUT2D eigenvalue weighted by atomic mass is 32.1. The molecule has 0 spiro atoms. The summed E-state index contributed by atoms with van der Waals surface area (Å²) in [6.45, 7) is 0.483. The van der Waals surface area contributed by atoms with Gasteiger partial charge in [0.05, 0.1) is 7.11 Å². The summed E-state index contributed by atoms with van der Waals surface area (Å²) in [7, 11) is 3.25. The molecule has 8 heteroatoms. The first-order chi connectivity index (χ1) is 13.5. The highest BCUT2D eigenvalue weighted by Gasteiger charge is 2.13. The first kappa shape index (κ1) is 21.4. The van der Waals surface area contributed by atoms with Crippen molar-refractivity contribution in [3.05, 3.63) is 52.2 Å². The molecule has 0 saturated heterocycles. The summed E-state index contributed by atoms with van der Waals surface area (Å²) in [6, 6.07) is 9.13. The number of hydrogen-bond donors (Lipinski definition) is 1. The van der Waals surface area contributed by atoms with Crippen LogP contribution >= 0.6 is 11.3 Å². The fourth-order valence-electron chi connectivity index (χ4n) is 2.35. The number of likely N-dealkylation sites (N-methyl/N-ethyl adjacent to an activating group) is 1. The highest BCUT2D eigenvalue weighted by molar-refractivity contribution is 7.08. The molecule has 0 aliphatic heterocycles. The second-order valence-electron chi connectivity index (χ2n) is 6.13. The molecule has 1 heterocycles. The standard InChI is InChI=1S/C20H24N2O5S/c1-22(12-15-5-7-17(26-2)8-6-15)18(23)13-27-19(24)4-3-10-21-20(25)16-9-11-28-14-16/h5-9,11,14H,3-4,10,12-13H2,1-2H3,(H,21,25). The number of ether oxygens (including phenoxy) is 2. The quantitative estimate of drug-likeness (QED) is 0.486. The first-order valence-electron chi connectivity index (χ1n) is 8.82. The van der Waals surface area contributed by atoms with Crippen LogP contribution in [-0.2, 0) is 20.9 Å². The van der Waals surface area contributed by atoms with Crippen LogP contribution in [0, 0.1) is 0 Å². The number of hydrogen-bond acceptors (Lipinski definition) is 6. The van der Waals surface area contributed by atoms with Gasteiger partial charge in [0.25, 0.3) is 11.8 Å². The number of esters is 1. The number of nitrogens with one attached hydrogen (secondary N) is 1. The molecule has 2 rings (SSSR count). The minimum atomic E-state index is -0.462. The van der Waals surface area contributed by atoms with Crippen molar-refractivity contribution in [2.75, 3.05) is 27.3 Å². The average Bonchev–Trinajstić information content (AvgIpc) is 3.24. The molecule has 7 nitrogen and oxygen atoms in total. The maximum Gasteiger partial charge on any atom is 0.306 e. The van der Waals surface area contributed by atoms with Crippen molar-refractivity contribution in [1.82, 2.24) is 10.2 Å². The lowest BCUT2D eigenvalue weighted by molar-refractivity contribution is -0.151. The maximum absolute atomic E-state index is 12.1. The number of benzene rings is 1. The summed E-state index contributed by atoms with van der Waals surface area (Å²) in [4.78, 5) is 37.1. The van der Waals surface area contributed by atoms with Gasteiger partial charge in [-0.1, -0.05) is 12.1 Å². The molecule has 0 unspecified atom stereocenters. The lowest BCUT2D eigenvalue weighted by Gasteiger charge is -2.17. The van der Waals surface area contributed by atoms with E-state index in [9.17, 15) is 14.4 Å². The van der Waals surface area contributed by atoms with Crippen LogP contribution in [-0.4, -0.2) is 50.0 Å². The molecule has 0 bridgehead atoms. The van der Waals surface area contributed by atoms with E-state index in [4.69, 9.17) is 9.47 Å². The Hall–Kier alpha value is -2.87. The van der Waals surface area contributed by atoms with E-state index in [0.717, 1.165) is 11.3 Å². The van der Waals surface area contributed by atoms with Gasteiger partial charge in [0.2, 0.25) is 0 Å². The van der Waals surface area contributed by atoms with Crippen LogP contribution in [0.3, 0.4) is 0 Å². The Morgan fingerprint density at radius 3 is 2.54 bits per heavy atom. The van der Waals surface area contributed by atoms with E-state index in [2.05, 4.69) is 5.32 Å². The second-order valence-corrected chi connectivity index (χ2v) is 6.91. The Morgan fingerprint density at radius 1 is 1.14 bits per heavy atom. The van der Waals surface area contributed by atoms with Crippen molar-refractivity contribution in [2.24, 2.45) is 0 Å². The average molecular weight is 404 g/mol. The molecule has 0 aliphatic rings. The lowest BCUT2D eigenvalue weighted by Crippen LogP contribution is -2.31. The smallest absolute Gasteiger partial charge is 0.306 e. The van der Waals surface area contributed by atoms with Crippen molar-refractivity contribution in [1.29, 1.82) is 0 Å². The monoisotopic (exact) mass is 404 g/mol. The molecule has 150 valence electrons. The molecule has 1 aromatic carbocycles. The number of thiophene rings is 1. The molecule has 2 aromatic rings. The molecule has 0 atom stereocenters. The predicted octanol–water partition coefficient (Wildman–Crippen LogP) is 2.47. The second kappa shape index (κ2) is 11.1. The van der Waals surface area contributed by atoms with Crippen molar-refractivity contribution >= 4 is 29.1 Å². The number of rotatable bonds is 10. The van der Waals surface area contributed by atoms with Gasteiger partial charge in [-0.05, 0) is 35.6 Å². The van der Waals surface area contributed by atoms with E-state index < -0.39 is 5.97 Å². The van der Waals surface area contributed by atoms with Crippen molar-refractivity contribution in [3.63, 3.8) is 0 Å². The molecule has 0 saturated carbocycles. The Morgan fingerprint density at radius 2 is 1.89 bits per heavy atom. The van der Waals surface area contributed by atoms with Crippen LogP contribution in [0.4, 0.5) is 0 Å². The molecule has 2 amide bonds. The summed E-state index contributed by atoms with van der Waals surface area (Å²) in [5.74, 6) is -0.158. The van der Waals surface area contributed by atoms with Gasteiger partial charge in [-0.2, -0.15) is 11.3 Å². The van der Waals surface area contributed by atoms with Gasteiger partial charge in [-0.3, -0.25) is 14.4 Å². The Kier molecular flexibility index (Phi) is 8.48. The van der Waals surface area contributed by atoms with Crippen LogP contribution in [0.15, 0.2) is 41.1 Å². The highest BCUT2D eigenvalue weighted by Crippen LogP contribution is 2.12. The van der Waals surface area contributed by atoms with Crippen LogP contribution < -0.4 is 10.1 Å². The Bertz CT molecular complexity index is 774. The van der Waals surface area contributed by atoms with Crippen molar-refractivity contribution in [3.8, 4) is 5.75 Å². The van der Waals surface area contributed by atoms with E-state index in [-0.39, 0.29) is 24.8 Å². The number of nitrogens with zero attached hydrogens (tertiary/aromatic N) is 1. The van der Waals surface area contributed by atoms with Gasteiger partial charge in [0.15, 0.2) is 6.61 Å². The third-order valence-electron chi connectivity index (χ3n) is 3.99. The zero-order valence-electron chi connectivity index (χ0n) is 16.0.